The lowest BCUT2D eigenvalue weighted by molar-refractivity contribution is -0.143. The molecule has 0 spiro atoms. The zero-order valence-electron chi connectivity index (χ0n) is 37.4. The zero-order valence-corrected chi connectivity index (χ0v) is 39.8. The Bertz CT molecular complexity index is 3250. The molecule has 0 unspecified atom stereocenters. The summed E-state index contributed by atoms with van der Waals surface area (Å²) in [6.45, 7) is -1.32. The van der Waals surface area contributed by atoms with Crippen LogP contribution in [0.15, 0.2) is 42.5 Å². The number of nitrogens with one attached hydrogen (secondary N) is 1. The standard InChI is InChI=1S/C43H39ClF10N8O6S2/c1-40(2,69(5,65)66)12-11-24-7-8-25(26-9-10-29(44)34-36(26)61(20-41(47,48)49)58-39(34)62(70(6,67)68)32(64)19-59(3)4)35(55-24)30(15-21-13-22(45)16-23(46)14-21)56-31(63)18-60-38-33(37(57-60)43(52,53)54)27-17-28(27)42(38,50)51/h7-10,13-14,16,27-28,30H,15,17-20H2,1-6H3,(H,56,63)/t27-,28+,30-/m0/s1. The van der Waals surface area contributed by atoms with E-state index in [-0.39, 0.29) is 37.8 Å². The summed E-state index contributed by atoms with van der Waals surface area (Å²) in [6, 6.07) is 4.93. The highest BCUT2D eigenvalue weighted by atomic mass is 35.5. The molecule has 7 rings (SSSR count). The molecule has 1 fully saturated rings. The van der Waals surface area contributed by atoms with Crippen LogP contribution in [-0.4, -0.2) is 102 Å². The third kappa shape index (κ3) is 10.3. The Morgan fingerprint density at radius 3 is 2.14 bits per heavy atom. The SMILES string of the molecule is CN(C)CC(=O)N(c1nn(CC(F)(F)F)c2c(-c3ccc(C#CC(C)(C)S(C)(=O)=O)nc3[C@H](Cc3cc(F)cc(F)c3)NC(=O)Cn3nc(C(F)(F)F)c4c3C(F)(F)[C@@H]3C[C@H]43)ccc(Cl)c12)S(C)(=O)=O. The summed E-state index contributed by atoms with van der Waals surface area (Å²) in [5.41, 5.74) is -5.68. The van der Waals surface area contributed by atoms with E-state index in [0.29, 0.717) is 17.0 Å². The van der Waals surface area contributed by atoms with E-state index in [9.17, 15) is 61.5 Å². The van der Waals surface area contributed by atoms with Gasteiger partial charge in [0.15, 0.2) is 21.3 Å². The molecular formula is C43H39ClF10N8O6S2. The van der Waals surface area contributed by atoms with Crippen LogP contribution in [0.2, 0.25) is 5.02 Å². The Morgan fingerprint density at radius 1 is 0.943 bits per heavy atom. The van der Waals surface area contributed by atoms with Crippen LogP contribution in [0.3, 0.4) is 0 Å². The minimum atomic E-state index is -5.21. The molecule has 0 aliphatic heterocycles. The van der Waals surface area contributed by atoms with Crippen molar-refractivity contribution >= 4 is 60.0 Å². The average molecular weight is 1050 g/mol. The van der Waals surface area contributed by atoms with Crippen molar-refractivity contribution in [3.8, 4) is 23.0 Å². The smallest absolute Gasteiger partial charge is 0.346 e. The van der Waals surface area contributed by atoms with Crippen molar-refractivity contribution in [2.24, 2.45) is 5.92 Å². The highest BCUT2D eigenvalue weighted by molar-refractivity contribution is 7.93. The number of nitrogens with zero attached hydrogens (tertiary/aromatic N) is 7. The van der Waals surface area contributed by atoms with Crippen molar-refractivity contribution in [3.63, 3.8) is 0 Å². The van der Waals surface area contributed by atoms with E-state index in [1.807, 2.05) is 0 Å². The monoisotopic (exact) mass is 1050 g/mol. The number of anilines is 1. The van der Waals surface area contributed by atoms with Crippen molar-refractivity contribution in [1.82, 2.24) is 34.8 Å². The van der Waals surface area contributed by atoms with Crippen LogP contribution in [0.4, 0.5) is 49.7 Å². The van der Waals surface area contributed by atoms with E-state index in [2.05, 4.69) is 32.3 Å². The second-order valence-electron chi connectivity index (χ2n) is 17.7. The van der Waals surface area contributed by atoms with Crippen LogP contribution in [0, 0.1) is 29.4 Å². The fourth-order valence-corrected chi connectivity index (χ4v) is 9.54. The largest absolute Gasteiger partial charge is 0.435 e. The molecule has 2 aliphatic rings. The van der Waals surface area contributed by atoms with E-state index in [4.69, 9.17) is 11.6 Å². The normalized spacial score (nSPS) is 17.2. The number of carbonyl (C=O) groups excluding carboxylic acids is 2. The maximum absolute atomic E-state index is 15.6. The Labute approximate surface area is 397 Å². The lowest BCUT2D eigenvalue weighted by Gasteiger charge is -2.23. The predicted octanol–water partition coefficient (Wildman–Crippen LogP) is 7.15. The van der Waals surface area contributed by atoms with Crippen LogP contribution in [0.1, 0.15) is 66.1 Å². The fraction of sp³-hybridized carbons (Fsp3) is 0.419. The molecule has 376 valence electrons. The van der Waals surface area contributed by atoms with Gasteiger partial charge in [-0.3, -0.25) is 19.0 Å². The molecule has 3 atom stereocenters. The first-order valence-electron chi connectivity index (χ1n) is 20.6. The number of sulfone groups is 1. The molecule has 0 saturated heterocycles. The summed E-state index contributed by atoms with van der Waals surface area (Å²) in [7, 11) is -5.77. The molecule has 2 aromatic carbocycles. The van der Waals surface area contributed by atoms with Gasteiger partial charge in [-0.05, 0) is 88.5 Å². The van der Waals surface area contributed by atoms with Crippen LogP contribution in [0.5, 0.6) is 0 Å². The highest BCUT2D eigenvalue weighted by Gasteiger charge is 2.68. The molecule has 70 heavy (non-hydrogen) atoms. The van der Waals surface area contributed by atoms with Crippen molar-refractivity contribution in [2.75, 3.05) is 37.5 Å². The number of amides is 2. The topological polar surface area (TPSA) is 169 Å². The summed E-state index contributed by atoms with van der Waals surface area (Å²) in [5, 5.41) is 8.82. The van der Waals surface area contributed by atoms with E-state index in [0.717, 1.165) is 30.5 Å². The van der Waals surface area contributed by atoms with Gasteiger partial charge in [0, 0.05) is 34.9 Å². The van der Waals surface area contributed by atoms with Gasteiger partial charge in [-0.2, -0.15) is 49.6 Å². The summed E-state index contributed by atoms with van der Waals surface area (Å²) in [6.07, 6.45) is -9.78. The minimum Gasteiger partial charge on any atom is -0.346 e. The first kappa shape index (κ1) is 52.1. The third-order valence-corrected chi connectivity index (χ3v) is 14.8. The molecule has 0 bridgehead atoms. The maximum atomic E-state index is 15.6. The van der Waals surface area contributed by atoms with Gasteiger partial charge < -0.3 is 10.2 Å². The number of aromatic nitrogens is 5. The van der Waals surface area contributed by atoms with Gasteiger partial charge in [0.1, 0.15) is 40.9 Å². The van der Waals surface area contributed by atoms with E-state index in [1.54, 1.807) is 0 Å². The van der Waals surface area contributed by atoms with Crippen molar-refractivity contribution < 1.29 is 70.3 Å². The highest BCUT2D eigenvalue weighted by Crippen LogP contribution is 2.68. The van der Waals surface area contributed by atoms with Gasteiger partial charge >= 0.3 is 12.4 Å². The van der Waals surface area contributed by atoms with Gasteiger partial charge in [-0.15, -0.1) is 0 Å². The van der Waals surface area contributed by atoms with Gasteiger partial charge in [0.25, 0.3) is 11.8 Å². The predicted molar refractivity (Wildman–Crippen MR) is 234 cm³/mol. The van der Waals surface area contributed by atoms with E-state index in [1.165, 1.54) is 45.0 Å². The molecule has 1 N–H and O–H groups in total. The number of benzene rings is 2. The maximum Gasteiger partial charge on any atom is 0.435 e. The van der Waals surface area contributed by atoms with Gasteiger partial charge in [-0.25, -0.2) is 30.6 Å². The zero-order chi connectivity index (χ0) is 52.0. The minimum absolute atomic E-state index is 0.157. The van der Waals surface area contributed by atoms with E-state index >= 15 is 8.78 Å². The molecule has 3 heterocycles. The lowest BCUT2D eigenvalue weighted by atomic mass is 9.93. The number of hydrogen-bond acceptors (Lipinski definition) is 10. The second-order valence-corrected chi connectivity index (χ2v) is 22.5. The van der Waals surface area contributed by atoms with Crippen molar-refractivity contribution in [3.05, 3.63) is 93.0 Å². The number of rotatable bonds is 13. The first-order valence-corrected chi connectivity index (χ1v) is 24.7. The van der Waals surface area contributed by atoms with Crippen LogP contribution < -0.4 is 9.62 Å². The molecule has 2 amide bonds. The quantitative estimate of drug-likeness (QED) is 0.0945. The molecule has 1 saturated carbocycles. The van der Waals surface area contributed by atoms with Gasteiger partial charge in [0.2, 0.25) is 15.9 Å². The summed E-state index contributed by atoms with van der Waals surface area (Å²) < 4.78 is 197. The number of sulfonamides is 1. The third-order valence-electron chi connectivity index (χ3n) is 11.5. The summed E-state index contributed by atoms with van der Waals surface area (Å²) in [5.74, 6) is -7.00. The van der Waals surface area contributed by atoms with Crippen LogP contribution in [0.25, 0.3) is 22.0 Å². The first-order chi connectivity index (χ1) is 32.1. The molecule has 0 radical (unpaired) electrons. The van der Waals surface area contributed by atoms with E-state index < -0.39 is 155 Å². The fourth-order valence-electron chi connectivity index (χ4n) is 8.19. The van der Waals surface area contributed by atoms with Gasteiger partial charge in [-0.1, -0.05) is 23.6 Å². The second kappa shape index (κ2) is 17.8. The molecule has 2 aliphatic carbocycles. The van der Waals surface area contributed by atoms with Crippen LogP contribution in [-0.2, 0) is 61.1 Å². The molecule has 5 aromatic rings. The van der Waals surface area contributed by atoms with Crippen molar-refractivity contribution in [2.45, 2.75) is 74.8 Å². The Morgan fingerprint density at radius 2 is 1.57 bits per heavy atom. The number of hydrogen-bond donors (Lipinski definition) is 1. The number of carbonyl (C=O) groups is 2. The molecule has 3 aromatic heterocycles. The van der Waals surface area contributed by atoms with Gasteiger partial charge in [0.05, 0.1) is 40.5 Å². The Hall–Kier alpha value is -5.78. The number of alkyl halides is 8. The molecular weight excluding hydrogens is 1010 g/mol. The summed E-state index contributed by atoms with van der Waals surface area (Å²) >= 11 is 6.62. The molecule has 14 nitrogen and oxygen atoms in total. The number of likely N-dealkylation sites (N-methyl/N-ethyl adjacent to an activating group) is 1. The lowest BCUT2D eigenvalue weighted by Crippen LogP contribution is -2.42. The Kier molecular flexibility index (Phi) is 13.2. The number of fused-ring (bicyclic) bond motifs is 4. The van der Waals surface area contributed by atoms with Crippen LogP contribution >= 0.6 is 11.6 Å². The average Bonchev–Trinajstić information content (AvgIpc) is 3.71. The Balaban J connectivity index is 1.49. The summed E-state index contributed by atoms with van der Waals surface area (Å²) in [4.78, 5) is 33.5. The number of pyridine rings is 1. The van der Waals surface area contributed by atoms with Crippen molar-refractivity contribution in [1.29, 1.82) is 0 Å². The molecule has 27 heteroatoms. The number of halogens is 11.